The fourth-order valence-corrected chi connectivity index (χ4v) is 3.62. The minimum Gasteiger partial charge on any atom is -0.466 e. The molecule has 1 fully saturated rings. The summed E-state index contributed by atoms with van der Waals surface area (Å²) in [7, 11) is 0. The molecule has 0 amide bonds. The molecule has 0 heterocycles. The molecule has 2 nitrogen and oxygen atoms in total. The summed E-state index contributed by atoms with van der Waals surface area (Å²) in [6.07, 6.45) is 8.72. The van der Waals surface area contributed by atoms with Crippen molar-refractivity contribution in [2.45, 2.75) is 64.7 Å². The summed E-state index contributed by atoms with van der Waals surface area (Å²) in [5, 5.41) is 0. The molecule has 1 aliphatic carbocycles. The van der Waals surface area contributed by atoms with Crippen LogP contribution in [0.3, 0.4) is 0 Å². The van der Waals surface area contributed by atoms with Crippen molar-refractivity contribution in [2.24, 2.45) is 11.8 Å². The molecule has 0 bridgehead atoms. The van der Waals surface area contributed by atoms with Gasteiger partial charge in [0.15, 0.2) is 0 Å². The number of esters is 1. The van der Waals surface area contributed by atoms with Crippen LogP contribution in [0.1, 0.15) is 70.3 Å². The van der Waals surface area contributed by atoms with Crippen molar-refractivity contribution in [1.29, 1.82) is 0 Å². The Kier molecular flexibility index (Phi) is 6.95. The lowest BCUT2D eigenvalue weighted by molar-refractivity contribution is -0.147. The van der Waals surface area contributed by atoms with E-state index in [1.165, 1.54) is 37.7 Å². The van der Waals surface area contributed by atoms with Gasteiger partial charge >= 0.3 is 5.97 Å². The Balaban J connectivity index is 1.64. The van der Waals surface area contributed by atoms with Crippen LogP contribution in [0.5, 0.6) is 0 Å². The van der Waals surface area contributed by atoms with E-state index in [0.29, 0.717) is 6.61 Å². The summed E-state index contributed by atoms with van der Waals surface area (Å²) in [5.41, 5.74) is 1.51. The number of ether oxygens (including phenoxy) is 1. The Labute approximate surface area is 135 Å². The molecule has 0 N–H and O–H groups in total. The molecular weight excluding hydrogens is 272 g/mol. The molecule has 1 aromatic rings. The van der Waals surface area contributed by atoms with Crippen LogP contribution in [0.4, 0.5) is 0 Å². The van der Waals surface area contributed by atoms with E-state index in [4.69, 9.17) is 4.74 Å². The van der Waals surface area contributed by atoms with E-state index < -0.39 is 0 Å². The Hall–Kier alpha value is -1.31. The Bertz CT molecular complexity index is 432. The lowest BCUT2D eigenvalue weighted by Gasteiger charge is -2.29. The van der Waals surface area contributed by atoms with Gasteiger partial charge in [0.25, 0.3) is 0 Å². The number of carbonyl (C=O) groups excluding carboxylic acids is 1. The standard InChI is InChI=1S/C20H30O2/c1-3-22-20(21)16(2)8-7-9-17-12-14-19(15-13-17)18-10-5-4-6-11-18/h4-6,10-11,16-17,19H,3,7-9,12-15H2,1-2H3. The molecule has 0 saturated heterocycles. The van der Waals surface area contributed by atoms with Crippen LogP contribution < -0.4 is 0 Å². The van der Waals surface area contributed by atoms with Crippen molar-refractivity contribution in [3.8, 4) is 0 Å². The molecule has 22 heavy (non-hydrogen) atoms. The Morgan fingerprint density at radius 1 is 1.18 bits per heavy atom. The first-order valence-corrected chi connectivity index (χ1v) is 8.92. The van der Waals surface area contributed by atoms with Gasteiger partial charge in [-0.3, -0.25) is 4.79 Å². The number of carbonyl (C=O) groups is 1. The van der Waals surface area contributed by atoms with Gasteiger partial charge in [-0.15, -0.1) is 0 Å². The van der Waals surface area contributed by atoms with E-state index in [1.54, 1.807) is 0 Å². The molecule has 2 heteroatoms. The minimum absolute atomic E-state index is 0.0321. The highest BCUT2D eigenvalue weighted by Gasteiger charge is 2.22. The van der Waals surface area contributed by atoms with Gasteiger partial charge in [-0.25, -0.2) is 0 Å². The van der Waals surface area contributed by atoms with Crippen LogP contribution >= 0.6 is 0 Å². The van der Waals surface area contributed by atoms with Crippen molar-refractivity contribution >= 4 is 5.97 Å². The maximum absolute atomic E-state index is 11.6. The molecule has 0 aromatic heterocycles. The fraction of sp³-hybridized carbons (Fsp3) is 0.650. The molecule has 1 aliphatic rings. The second kappa shape index (κ2) is 8.97. The van der Waals surface area contributed by atoms with Crippen molar-refractivity contribution in [2.75, 3.05) is 6.61 Å². The van der Waals surface area contributed by atoms with Gasteiger partial charge in [-0.2, -0.15) is 0 Å². The van der Waals surface area contributed by atoms with Crippen LogP contribution in [-0.2, 0) is 9.53 Å². The van der Waals surface area contributed by atoms with E-state index in [1.807, 2.05) is 13.8 Å². The smallest absolute Gasteiger partial charge is 0.308 e. The molecule has 1 saturated carbocycles. The first-order valence-electron chi connectivity index (χ1n) is 8.92. The highest BCUT2D eigenvalue weighted by molar-refractivity contribution is 5.71. The zero-order valence-corrected chi connectivity index (χ0v) is 14.1. The van der Waals surface area contributed by atoms with Gasteiger partial charge in [0.2, 0.25) is 0 Å². The first-order chi connectivity index (χ1) is 10.7. The van der Waals surface area contributed by atoms with Crippen LogP contribution in [0, 0.1) is 11.8 Å². The topological polar surface area (TPSA) is 26.3 Å². The lowest BCUT2D eigenvalue weighted by Crippen LogP contribution is -2.16. The molecule has 1 aromatic carbocycles. The van der Waals surface area contributed by atoms with Crippen LogP contribution in [0.15, 0.2) is 30.3 Å². The van der Waals surface area contributed by atoms with E-state index in [-0.39, 0.29) is 11.9 Å². The van der Waals surface area contributed by atoms with Gasteiger partial charge in [-0.05, 0) is 56.4 Å². The van der Waals surface area contributed by atoms with Crippen molar-refractivity contribution in [3.63, 3.8) is 0 Å². The van der Waals surface area contributed by atoms with Crippen LogP contribution in [0.25, 0.3) is 0 Å². The third kappa shape index (κ3) is 5.15. The second-order valence-electron chi connectivity index (χ2n) is 6.71. The molecule has 0 spiro atoms. The molecular formula is C20H30O2. The second-order valence-corrected chi connectivity index (χ2v) is 6.71. The summed E-state index contributed by atoms with van der Waals surface area (Å²) >= 11 is 0. The summed E-state index contributed by atoms with van der Waals surface area (Å²) in [6, 6.07) is 10.9. The summed E-state index contributed by atoms with van der Waals surface area (Å²) in [4.78, 5) is 11.6. The van der Waals surface area contributed by atoms with E-state index in [2.05, 4.69) is 30.3 Å². The van der Waals surface area contributed by atoms with Crippen molar-refractivity contribution < 1.29 is 9.53 Å². The van der Waals surface area contributed by atoms with Gasteiger partial charge < -0.3 is 4.74 Å². The summed E-state index contributed by atoms with van der Waals surface area (Å²) < 4.78 is 5.07. The molecule has 1 atom stereocenters. The lowest BCUT2D eigenvalue weighted by atomic mass is 9.77. The molecule has 1 unspecified atom stereocenters. The predicted molar refractivity (Wildman–Crippen MR) is 90.8 cm³/mol. The number of benzene rings is 1. The molecule has 122 valence electrons. The highest BCUT2D eigenvalue weighted by atomic mass is 16.5. The zero-order chi connectivity index (χ0) is 15.8. The van der Waals surface area contributed by atoms with E-state index in [9.17, 15) is 4.79 Å². The average Bonchev–Trinajstić information content (AvgIpc) is 2.56. The Morgan fingerprint density at radius 2 is 1.86 bits per heavy atom. The summed E-state index contributed by atoms with van der Waals surface area (Å²) in [5.74, 6) is 1.64. The quantitative estimate of drug-likeness (QED) is 0.636. The number of rotatable bonds is 7. The maximum Gasteiger partial charge on any atom is 0.308 e. The SMILES string of the molecule is CCOC(=O)C(C)CCCC1CCC(c2ccccc2)CC1. The number of hydrogen-bond donors (Lipinski definition) is 0. The summed E-state index contributed by atoms with van der Waals surface area (Å²) in [6.45, 7) is 4.35. The normalized spacial score (nSPS) is 23.0. The van der Waals surface area contributed by atoms with Gasteiger partial charge in [0.1, 0.15) is 0 Å². The molecule has 0 radical (unpaired) electrons. The molecule has 2 rings (SSSR count). The third-order valence-electron chi connectivity index (χ3n) is 5.06. The maximum atomic E-state index is 11.6. The fourth-order valence-electron chi connectivity index (χ4n) is 3.62. The third-order valence-corrected chi connectivity index (χ3v) is 5.06. The van der Waals surface area contributed by atoms with Crippen LogP contribution in [-0.4, -0.2) is 12.6 Å². The van der Waals surface area contributed by atoms with Gasteiger partial charge in [-0.1, -0.05) is 50.1 Å². The molecule has 0 aliphatic heterocycles. The number of hydrogen-bond acceptors (Lipinski definition) is 2. The highest BCUT2D eigenvalue weighted by Crippen LogP contribution is 2.37. The van der Waals surface area contributed by atoms with E-state index >= 15 is 0 Å². The average molecular weight is 302 g/mol. The van der Waals surface area contributed by atoms with Crippen LogP contribution in [0.2, 0.25) is 0 Å². The monoisotopic (exact) mass is 302 g/mol. The van der Waals surface area contributed by atoms with Crippen molar-refractivity contribution in [1.82, 2.24) is 0 Å². The van der Waals surface area contributed by atoms with Gasteiger partial charge in [0.05, 0.1) is 12.5 Å². The minimum atomic E-state index is -0.0321. The van der Waals surface area contributed by atoms with Gasteiger partial charge in [0, 0.05) is 0 Å². The first kappa shape index (κ1) is 17.1. The Morgan fingerprint density at radius 3 is 2.50 bits per heavy atom. The van der Waals surface area contributed by atoms with Crippen molar-refractivity contribution in [3.05, 3.63) is 35.9 Å². The zero-order valence-electron chi connectivity index (χ0n) is 14.1. The largest absolute Gasteiger partial charge is 0.466 e. The predicted octanol–water partition coefficient (Wildman–Crippen LogP) is 5.33. The van der Waals surface area contributed by atoms with E-state index in [0.717, 1.165) is 24.7 Å².